The smallest absolute Gasteiger partial charge is 0.393 e. The topological polar surface area (TPSA) is 41.6 Å². The third kappa shape index (κ3) is 4.87. The molecule has 1 aliphatic rings. The van der Waals surface area contributed by atoms with Crippen LogP contribution in [0.25, 0.3) is 0 Å². The summed E-state index contributed by atoms with van der Waals surface area (Å²) in [4.78, 5) is 13.9. The minimum Gasteiger partial charge on any atom is -0.497 e. The molecule has 24 heavy (non-hydrogen) atoms. The van der Waals surface area contributed by atoms with Crippen molar-refractivity contribution in [2.75, 3.05) is 20.2 Å². The van der Waals surface area contributed by atoms with Gasteiger partial charge in [0.15, 0.2) is 0 Å². The first-order valence-corrected chi connectivity index (χ1v) is 8.02. The van der Waals surface area contributed by atoms with E-state index in [1.807, 2.05) is 12.1 Å². The van der Waals surface area contributed by atoms with Crippen molar-refractivity contribution in [1.29, 1.82) is 0 Å². The summed E-state index contributed by atoms with van der Waals surface area (Å²) < 4.78 is 43.7. The van der Waals surface area contributed by atoms with Crippen LogP contribution in [0.5, 0.6) is 5.75 Å². The molecule has 0 spiro atoms. The fraction of sp³-hybridized carbons (Fsp3) is 0.588. The van der Waals surface area contributed by atoms with Gasteiger partial charge in [0.25, 0.3) is 0 Å². The van der Waals surface area contributed by atoms with Gasteiger partial charge in [-0.1, -0.05) is 12.1 Å². The van der Waals surface area contributed by atoms with Gasteiger partial charge in [-0.3, -0.25) is 9.69 Å². The van der Waals surface area contributed by atoms with E-state index < -0.39 is 18.1 Å². The molecule has 0 radical (unpaired) electrons. The van der Waals surface area contributed by atoms with Crippen molar-refractivity contribution in [2.45, 2.75) is 38.5 Å². The number of piperidine rings is 1. The molecule has 0 aromatic heterocycles. The Morgan fingerprint density at radius 3 is 2.62 bits per heavy atom. The number of benzene rings is 1. The molecule has 7 heteroatoms. The van der Waals surface area contributed by atoms with E-state index in [0.717, 1.165) is 11.3 Å². The van der Waals surface area contributed by atoms with Gasteiger partial charge in [-0.15, -0.1) is 0 Å². The van der Waals surface area contributed by atoms with E-state index in [1.54, 1.807) is 31.1 Å². The first-order valence-electron chi connectivity index (χ1n) is 8.02. The van der Waals surface area contributed by atoms with Gasteiger partial charge in [-0.2, -0.15) is 13.2 Å². The van der Waals surface area contributed by atoms with Crippen LogP contribution in [-0.4, -0.2) is 43.2 Å². The van der Waals surface area contributed by atoms with Gasteiger partial charge in [0.05, 0.1) is 19.1 Å². The summed E-state index contributed by atoms with van der Waals surface area (Å²) in [6.07, 6.45) is -3.60. The van der Waals surface area contributed by atoms with Gasteiger partial charge in [0, 0.05) is 13.1 Å². The lowest BCUT2D eigenvalue weighted by Crippen LogP contribution is -2.51. The van der Waals surface area contributed by atoms with Crippen LogP contribution in [-0.2, 0) is 11.3 Å². The van der Waals surface area contributed by atoms with Crippen molar-refractivity contribution in [3.05, 3.63) is 29.8 Å². The number of rotatable bonds is 5. The molecule has 2 atom stereocenters. The lowest BCUT2D eigenvalue weighted by Gasteiger charge is -2.36. The average molecular weight is 344 g/mol. The summed E-state index contributed by atoms with van der Waals surface area (Å²) in [6, 6.07) is 6.69. The molecule has 2 rings (SSSR count). The Hall–Kier alpha value is -1.76. The van der Waals surface area contributed by atoms with Gasteiger partial charge in [-0.25, -0.2) is 0 Å². The number of alkyl halides is 3. The van der Waals surface area contributed by atoms with Crippen LogP contribution in [0.2, 0.25) is 0 Å². The van der Waals surface area contributed by atoms with Gasteiger partial charge in [0.1, 0.15) is 5.75 Å². The molecular formula is C17H23F3N2O2. The summed E-state index contributed by atoms with van der Waals surface area (Å²) in [5, 5.41) is 2.78. The zero-order valence-corrected chi connectivity index (χ0v) is 13.9. The summed E-state index contributed by atoms with van der Waals surface area (Å²) >= 11 is 0. The van der Waals surface area contributed by atoms with Crippen molar-refractivity contribution in [3.63, 3.8) is 0 Å². The maximum Gasteiger partial charge on any atom is 0.393 e. The summed E-state index contributed by atoms with van der Waals surface area (Å²) in [7, 11) is 1.57. The molecule has 134 valence electrons. The minimum absolute atomic E-state index is 0.110. The Bertz CT molecular complexity index is 546. The fourth-order valence-corrected chi connectivity index (χ4v) is 2.87. The van der Waals surface area contributed by atoms with Gasteiger partial charge in [-0.05, 0) is 44.0 Å². The molecule has 1 aromatic carbocycles. The largest absolute Gasteiger partial charge is 0.497 e. The van der Waals surface area contributed by atoms with Crippen LogP contribution in [0.3, 0.4) is 0 Å². The number of carbonyl (C=O) groups is 1. The number of nitrogens with one attached hydrogen (secondary N) is 1. The third-order valence-corrected chi connectivity index (χ3v) is 4.47. The van der Waals surface area contributed by atoms with Crippen LogP contribution in [0.1, 0.15) is 25.3 Å². The molecule has 1 aliphatic heterocycles. The van der Waals surface area contributed by atoms with Crippen LogP contribution >= 0.6 is 0 Å². The van der Waals surface area contributed by atoms with Crippen LogP contribution in [0, 0.1) is 5.92 Å². The molecule has 1 heterocycles. The first-order chi connectivity index (χ1) is 11.3. The fourth-order valence-electron chi connectivity index (χ4n) is 2.87. The number of methoxy groups -OCH3 is 1. The standard InChI is InChI=1S/C17H23F3N2O2/c1-12(22-9-3-4-14(11-22)17(18,19)20)16(23)21-10-13-5-7-15(24-2)8-6-13/h5-8,12,14H,3-4,9-11H2,1-2H3,(H,21,23). The number of ether oxygens (including phenoxy) is 1. The number of carbonyl (C=O) groups excluding carboxylic acids is 1. The zero-order chi connectivity index (χ0) is 17.7. The Balaban J connectivity index is 1.86. The van der Waals surface area contributed by atoms with Crippen molar-refractivity contribution in [2.24, 2.45) is 5.92 Å². The maximum absolute atomic E-state index is 12.9. The molecule has 2 unspecified atom stereocenters. The molecule has 1 aromatic rings. The number of halogens is 3. The molecular weight excluding hydrogens is 321 g/mol. The number of nitrogens with zero attached hydrogens (tertiary/aromatic N) is 1. The van der Waals surface area contributed by atoms with Gasteiger partial charge >= 0.3 is 6.18 Å². The molecule has 0 bridgehead atoms. The quantitative estimate of drug-likeness (QED) is 0.893. The van der Waals surface area contributed by atoms with E-state index in [0.29, 0.717) is 19.5 Å². The van der Waals surface area contributed by atoms with Crippen LogP contribution in [0.15, 0.2) is 24.3 Å². The molecule has 1 amide bonds. The molecule has 0 aliphatic carbocycles. The number of likely N-dealkylation sites (tertiary alicyclic amines) is 1. The SMILES string of the molecule is COc1ccc(CNC(=O)C(C)N2CCCC(C(F)(F)F)C2)cc1. The maximum atomic E-state index is 12.9. The van der Waals surface area contributed by atoms with E-state index in [9.17, 15) is 18.0 Å². The van der Waals surface area contributed by atoms with Crippen molar-refractivity contribution in [1.82, 2.24) is 10.2 Å². The van der Waals surface area contributed by atoms with Crippen LogP contribution in [0.4, 0.5) is 13.2 Å². The van der Waals surface area contributed by atoms with Crippen molar-refractivity contribution >= 4 is 5.91 Å². The predicted molar refractivity (Wildman–Crippen MR) is 84.7 cm³/mol. The van der Waals surface area contributed by atoms with E-state index >= 15 is 0 Å². The molecule has 1 saturated heterocycles. The number of hydrogen-bond acceptors (Lipinski definition) is 3. The highest BCUT2D eigenvalue weighted by molar-refractivity contribution is 5.81. The molecule has 1 fully saturated rings. The highest BCUT2D eigenvalue weighted by Gasteiger charge is 2.43. The highest BCUT2D eigenvalue weighted by atomic mass is 19.4. The normalized spacial score (nSPS) is 20.5. The van der Waals surface area contributed by atoms with E-state index in [-0.39, 0.29) is 18.9 Å². The van der Waals surface area contributed by atoms with E-state index in [4.69, 9.17) is 4.74 Å². The van der Waals surface area contributed by atoms with Gasteiger partial charge in [0.2, 0.25) is 5.91 Å². The van der Waals surface area contributed by atoms with Gasteiger partial charge < -0.3 is 10.1 Å². The summed E-state index contributed by atoms with van der Waals surface area (Å²) in [5.41, 5.74) is 0.906. The second-order valence-corrected chi connectivity index (χ2v) is 6.12. The summed E-state index contributed by atoms with van der Waals surface area (Å²) in [5.74, 6) is -0.873. The zero-order valence-electron chi connectivity index (χ0n) is 13.9. The Kier molecular flexibility index (Phi) is 6.10. The average Bonchev–Trinajstić information content (AvgIpc) is 2.58. The van der Waals surface area contributed by atoms with Crippen molar-refractivity contribution < 1.29 is 22.7 Å². The second-order valence-electron chi connectivity index (χ2n) is 6.12. The highest BCUT2D eigenvalue weighted by Crippen LogP contribution is 2.33. The lowest BCUT2D eigenvalue weighted by atomic mass is 9.96. The third-order valence-electron chi connectivity index (χ3n) is 4.47. The Morgan fingerprint density at radius 2 is 2.04 bits per heavy atom. The predicted octanol–water partition coefficient (Wildman–Crippen LogP) is 2.97. The lowest BCUT2D eigenvalue weighted by molar-refractivity contribution is -0.188. The summed E-state index contributed by atoms with van der Waals surface area (Å²) in [6.45, 7) is 2.40. The molecule has 1 N–H and O–H groups in total. The van der Waals surface area contributed by atoms with Crippen molar-refractivity contribution in [3.8, 4) is 5.75 Å². The molecule has 0 saturated carbocycles. The monoisotopic (exact) mass is 344 g/mol. The Labute approximate surface area is 140 Å². The van der Waals surface area contributed by atoms with E-state index in [1.165, 1.54) is 0 Å². The second kappa shape index (κ2) is 7.88. The first kappa shape index (κ1) is 18.6. The Morgan fingerprint density at radius 1 is 1.38 bits per heavy atom. The van der Waals surface area contributed by atoms with Crippen LogP contribution < -0.4 is 10.1 Å². The van der Waals surface area contributed by atoms with E-state index in [2.05, 4.69) is 5.32 Å². The number of hydrogen-bond donors (Lipinski definition) is 1. The minimum atomic E-state index is -4.20. The number of amides is 1. The molecule has 4 nitrogen and oxygen atoms in total.